The van der Waals surface area contributed by atoms with Crippen molar-refractivity contribution in [1.29, 1.82) is 5.41 Å². The maximum atomic E-state index is 12.7. The van der Waals surface area contributed by atoms with Crippen molar-refractivity contribution in [1.82, 2.24) is 14.7 Å². The Morgan fingerprint density at radius 2 is 2.08 bits per heavy atom. The second kappa shape index (κ2) is 7.64. The summed E-state index contributed by atoms with van der Waals surface area (Å²) in [5.41, 5.74) is 2.60. The van der Waals surface area contributed by atoms with Crippen LogP contribution in [0.3, 0.4) is 0 Å². The zero-order valence-electron chi connectivity index (χ0n) is 15.0. The van der Waals surface area contributed by atoms with Gasteiger partial charge in [0.05, 0.1) is 6.54 Å². The van der Waals surface area contributed by atoms with E-state index in [9.17, 15) is 4.79 Å². The van der Waals surface area contributed by atoms with Gasteiger partial charge in [0, 0.05) is 43.2 Å². The van der Waals surface area contributed by atoms with Crippen LogP contribution in [0.15, 0.2) is 42.7 Å². The SMILES string of the molecule is C[C@H](CC(=N)C1CCC1)N(C)C(=O)c1ccc(Cn2cccn2)cc1. The topological polar surface area (TPSA) is 62.0 Å². The summed E-state index contributed by atoms with van der Waals surface area (Å²) in [7, 11) is 1.83. The smallest absolute Gasteiger partial charge is 0.253 e. The van der Waals surface area contributed by atoms with Gasteiger partial charge in [-0.05, 0) is 49.4 Å². The minimum atomic E-state index is 0.0135. The molecule has 1 fully saturated rings. The predicted molar refractivity (Wildman–Crippen MR) is 99.0 cm³/mol. The second-order valence-corrected chi connectivity index (χ2v) is 7.02. The highest BCUT2D eigenvalue weighted by molar-refractivity contribution is 5.95. The fourth-order valence-corrected chi connectivity index (χ4v) is 3.12. The Morgan fingerprint density at radius 1 is 1.36 bits per heavy atom. The van der Waals surface area contributed by atoms with Gasteiger partial charge in [0.15, 0.2) is 0 Å². The van der Waals surface area contributed by atoms with Crippen LogP contribution in [-0.4, -0.2) is 39.4 Å². The molecule has 0 spiro atoms. The summed E-state index contributed by atoms with van der Waals surface area (Å²) in [6.07, 6.45) is 7.87. The normalized spacial score (nSPS) is 15.4. The van der Waals surface area contributed by atoms with Gasteiger partial charge in [-0.3, -0.25) is 9.48 Å². The first-order valence-corrected chi connectivity index (χ1v) is 8.95. The minimum Gasteiger partial charge on any atom is -0.339 e. The van der Waals surface area contributed by atoms with Crippen LogP contribution >= 0.6 is 0 Å². The van der Waals surface area contributed by atoms with E-state index in [4.69, 9.17) is 5.41 Å². The number of carbonyl (C=O) groups excluding carboxylic acids is 1. The van der Waals surface area contributed by atoms with E-state index in [-0.39, 0.29) is 11.9 Å². The Kier molecular flexibility index (Phi) is 5.31. The van der Waals surface area contributed by atoms with Crippen LogP contribution in [0.5, 0.6) is 0 Å². The minimum absolute atomic E-state index is 0.0135. The van der Waals surface area contributed by atoms with Crippen LogP contribution in [0.25, 0.3) is 0 Å². The zero-order chi connectivity index (χ0) is 17.8. The number of nitrogens with zero attached hydrogens (tertiary/aromatic N) is 3. The summed E-state index contributed by atoms with van der Waals surface area (Å²) in [5, 5.41) is 12.4. The number of carbonyl (C=O) groups is 1. The van der Waals surface area contributed by atoms with Gasteiger partial charge in [-0.1, -0.05) is 18.6 Å². The van der Waals surface area contributed by atoms with Gasteiger partial charge < -0.3 is 10.3 Å². The largest absolute Gasteiger partial charge is 0.339 e. The predicted octanol–water partition coefficient (Wildman–Crippen LogP) is 3.60. The molecule has 5 nitrogen and oxygen atoms in total. The van der Waals surface area contributed by atoms with Gasteiger partial charge in [-0.2, -0.15) is 5.10 Å². The maximum Gasteiger partial charge on any atom is 0.253 e. The lowest BCUT2D eigenvalue weighted by Gasteiger charge is -2.31. The van der Waals surface area contributed by atoms with Crippen LogP contribution in [0.1, 0.15) is 48.5 Å². The zero-order valence-corrected chi connectivity index (χ0v) is 15.0. The van der Waals surface area contributed by atoms with Crippen LogP contribution < -0.4 is 0 Å². The molecule has 3 rings (SSSR count). The Morgan fingerprint density at radius 3 is 2.64 bits per heavy atom. The van der Waals surface area contributed by atoms with Gasteiger partial charge in [0.25, 0.3) is 5.91 Å². The molecule has 0 unspecified atom stereocenters. The molecule has 0 radical (unpaired) electrons. The molecular formula is C20H26N4O. The average Bonchev–Trinajstić information content (AvgIpc) is 3.05. The van der Waals surface area contributed by atoms with Crippen molar-refractivity contribution in [2.24, 2.45) is 5.92 Å². The maximum absolute atomic E-state index is 12.7. The Bertz CT molecular complexity index is 717. The van der Waals surface area contributed by atoms with Crippen molar-refractivity contribution in [2.45, 2.75) is 45.2 Å². The van der Waals surface area contributed by atoms with Gasteiger partial charge in [-0.15, -0.1) is 0 Å². The van der Waals surface area contributed by atoms with Gasteiger partial charge >= 0.3 is 0 Å². The molecule has 1 atom stereocenters. The molecule has 1 heterocycles. The molecule has 0 saturated heterocycles. The molecule has 1 N–H and O–H groups in total. The first kappa shape index (κ1) is 17.4. The van der Waals surface area contributed by atoms with Crippen molar-refractivity contribution in [3.05, 3.63) is 53.9 Å². The summed E-state index contributed by atoms with van der Waals surface area (Å²) in [6, 6.07) is 9.65. The second-order valence-electron chi connectivity index (χ2n) is 7.02. The number of aromatic nitrogens is 2. The lowest BCUT2D eigenvalue weighted by Crippen LogP contribution is -2.38. The standard InChI is InChI=1S/C20H26N4O/c1-15(13-19(21)17-5-3-6-17)23(2)20(25)18-9-7-16(8-10-18)14-24-12-4-11-22-24/h4,7-12,15,17,21H,3,5-6,13-14H2,1-2H3/t15-/m1/s1. The van der Waals surface area contributed by atoms with E-state index in [2.05, 4.69) is 5.10 Å². The van der Waals surface area contributed by atoms with E-state index in [0.717, 1.165) is 24.1 Å². The van der Waals surface area contributed by atoms with Crippen LogP contribution in [0.2, 0.25) is 0 Å². The van der Waals surface area contributed by atoms with Crippen LogP contribution in [0.4, 0.5) is 0 Å². The van der Waals surface area contributed by atoms with E-state index in [1.165, 1.54) is 6.42 Å². The molecule has 25 heavy (non-hydrogen) atoms. The Labute approximate surface area is 149 Å². The Balaban J connectivity index is 1.58. The number of benzene rings is 1. The fourth-order valence-electron chi connectivity index (χ4n) is 3.12. The lowest BCUT2D eigenvalue weighted by molar-refractivity contribution is 0.0746. The molecule has 1 aromatic carbocycles. The molecule has 1 amide bonds. The van der Waals surface area contributed by atoms with Gasteiger partial charge in [-0.25, -0.2) is 0 Å². The third-order valence-corrected chi connectivity index (χ3v) is 5.20. The van der Waals surface area contributed by atoms with Gasteiger partial charge in [0.1, 0.15) is 0 Å². The van der Waals surface area contributed by atoms with Crippen molar-refractivity contribution >= 4 is 11.6 Å². The lowest BCUT2D eigenvalue weighted by atomic mass is 9.80. The van der Waals surface area contributed by atoms with Crippen LogP contribution in [0, 0.1) is 11.3 Å². The summed E-state index contributed by atoms with van der Waals surface area (Å²) in [6.45, 7) is 2.73. The van der Waals surface area contributed by atoms with E-state index in [1.54, 1.807) is 11.1 Å². The first-order chi connectivity index (χ1) is 12.0. The highest BCUT2D eigenvalue weighted by Gasteiger charge is 2.25. The van der Waals surface area contributed by atoms with E-state index < -0.39 is 0 Å². The molecule has 1 aliphatic rings. The van der Waals surface area contributed by atoms with Crippen molar-refractivity contribution in [3.63, 3.8) is 0 Å². The summed E-state index contributed by atoms with van der Waals surface area (Å²) >= 11 is 0. The summed E-state index contributed by atoms with van der Waals surface area (Å²) in [4.78, 5) is 14.4. The third-order valence-electron chi connectivity index (χ3n) is 5.20. The summed E-state index contributed by atoms with van der Waals surface area (Å²) < 4.78 is 1.86. The van der Waals surface area contributed by atoms with E-state index in [1.807, 2.05) is 55.2 Å². The number of hydrogen-bond acceptors (Lipinski definition) is 3. The Hall–Kier alpha value is -2.43. The quantitative estimate of drug-likeness (QED) is 0.784. The highest BCUT2D eigenvalue weighted by Crippen LogP contribution is 2.29. The van der Waals surface area contributed by atoms with Gasteiger partial charge in [0.2, 0.25) is 0 Å². The van der Waals surface area contributed by atoms with Crippen molar-refractivity contribution in [2.75, 3.05) is 7.05 Å². The van der Waals surface area contributed by atoms with Crippen molar-refractivity contribution < 1.29 is 4.79 Å². The molecule has 0 aliphatic heterocycles. The monoisotopic (exact) mass is 338 g/mol. The highest BCUT2D eigenvalue weighted by atomic mass is 16.2. The molecule has 1 aliphatic carbocycles. The number of amides is 1. The molecule has 1 aromatic heterocycles. The average molecular weight is 338 g/mol. The number of rotatable bonds is 7. The number of hydrogen-bond donors (Lipinski definition) is 1. The van der Waals surface area contributed by atoms with E-state index >= 15 is 0 Å². The fraction of sp³-hybridized carbons (Fsp3) is 0.450. The molecular weight excluding hydrogens is 312 g/mol. The molecule has 0 bridgehead atoms. The van der Waals surface area contributed by atoms with E-state index in [0.29, 0.717) is 24.4 Å². The molecule has 2 aromatic rings. The molecule has 5 heteroatoms. The summed E-state index contributed by atoms with van der Waals surface area (Å²) in [5.74, 6) is 0.465. The first-order valence-electron chi connectivity index (χ1n) is 8.95. The van der Waals surface area contributed by atoms with Crippen LogP contribution in [-0.2, 0) is 6.54 Å². The molecule has 1 saturated carbocycles. The van der Waals surface area contributed by atoms with Crippen molar-refractivity contribution in [3.8, 4) is 0 Å². The molecule has 132 valence electrons. The number of nitrogens with one attached hydrogen (secondary N) is 1. The third kappa shape index (κ3) is 4.16.